The highest BCUT2D eigenvalue weighted by Crippen LogP contribution is 2.40. The molecule has 8 N–H and O–H groups in total. The number of piperidine rings is 1. The fraction of sp³-hybridized carbons (Fsp3) is 0.574. The van der Waals surface area contributed by atoms with Gasteiger partial charge in [0.05, 0.1) is 84.1 Å². The maximum Gasteiger partial charge on any atom is 0.246 e. The van der Waals surface area contributed by atoms with E-state index in [2.05, 4.69) is 35.8 Å². The Kier molecular flexibility index (Phi) is 23.4. The lowest BCUT2D eigenvalue weighted by Gasteiger charge is -2.42. The number of amides is 4. The first kappa shape index (κ1) is 60.6. The molecule has 76 heavy (non-hydrogen) atoms. The number of β-amino-alcohol motifs (C(OH)–C–C–N with tert-alkyl or cyclic N) is 1. The summed E-state index contributed by atoms with van der Waals surface area (Å²) in [6.45, 7) is 13.7. The van der Waals surface area contributed by atoms with Gasteiger partial charge in [-0.3, -0.25) is 19.2 Å². The molecule has 4 atom stereocenters. The van der Waals surface area contributed by atoms with Gasteiger partial charge in [-0.15, -0.1) is 11.3 Å². The van der Waals surface area contributed by atoms with Crippen molar-refractivity contribution in [2.45, 2.75) is 127 Å². The summed E-state index contributed by atoms with van der Waals surface area (Å²) < 4.78 is 16.8. The summed E-state index contributed by atoms with van der Waals surface area (Å²) in [5.74, 6) is -0.0863. The standard InChI is InChI=1S/C54H76Cl2N10O8S2/c1-35(37-13-15-38(16-14-37)47-36(2)61-34-75-47)62-50(70)41-30-39(67)32-66(41)52(71)48(53(3,4)5)64-45(69)17-24-72-26-28-74-29-27-73-25-21-59-44(68)12-7-6-8-18-54(33-57)19-22-65(23-20-54)43-31-60-51(49(58)63-43)76-42-11-9-10-40(55)46(42)56/h9-11,13-16,31,34-35,39,41,48,67H,6-8,12,17-30,32-33,57H2,1-5H3,(H2,58,63)(H,59,68)(H,62,70)(H,64,69). The summed E-state index contributed by atoms with van der Waals surface area (Å²) in [5.41, 5.74) is 16.7. The molecule has 2 aromatic carbocycles. The van der Waals surface area contributed by atoms with E-state index in [-0.39, 0.29) is 61.8 Å². The number of halogens is 2. The van der Waals surface area contributed by atoms with E-state index in [4.69, 9.17) is 48.9 Å². The van der Waals surface area contributed by atoms with Crippen molar-refractivity contribution in [1.29, 1.82) is 0 Å². The third-order valence-electron chi connectivity index (χ3n) is 13.9. The van der Waals surface area contributed by atoms with Crippen molar-refractivity contribution in [2.24, 2.45) is 16.6 Å². The van der Waals surface area contributed by atoms with Gasteiger partial charge in [0.2, 0.25) is 23.6 Å². The average Bonchev–Trinajstić information content (AvgIpc) is 4.02. The Bertz CT molecular complexity index is 2530. The molecule has 2 fully saturated rings. The zero-order valence-corrected chi connectivity index (χ0v) is 47.6. The molecule has 2 aromatic heterocycles. The molecule has 0 bridgehead atoms. The van der Waals surface area contributed by atoms with Gasteiger partial charge in [-0.2, -0.15) is 0 Å². The van der Waals surface area contributed by atoms with Crippen molar-refractivity contribution in [3.05, 3.63) is 75.5 Å². The zero-order valence-electron chi connectivity index (χ0n) is 44.4. The smallest absolute Gasteiger partial charge is 0.246 e. The van der Waals surface area contributed by atoms with Crippen LogP contribution in [0.25, 0.3) is 10.4 Å². The van der Waals surface area contributed by atoms with Crippen LogP contribution in [0.2, 0.25) is 10.0 Å². The number of nitrogens with two attached hydrogens (primary N) is 2. The number of carbonyl (C=O) groups excluding carboxylic acids is 4. The highest BCUT2D eigenvalue weighted by atomic mass is 35.5. The second-order valence-corrected chi connectivity index (χ2v) is 23.3. The van der Waals surface area contributed by atoms with E-state index < -0.39 is 29.5 Å². The maximum atomic E-state index is 14.0. The number of nitrogens with zero attached hydrogens (tertiary/aromatic N) is 5. The van der Waals surface area contributed by atoms with E-state index in [1.807, 2.05) is 76.5 Å². The molecule has 2 aliphatic rings. The number of anilines is 2. The molecule has 2 aliphatic heterocycles. The van der Waals surface area contributed by atoms with Crippen LogP contribution in [0.3, 0.4) is 0 Å². The summed E-state index contributed by atoms with van der Waals surface area (Å²) in [6, 6.07) is 11.2. The lowest BCUT2D eigenvalue weighted by atomic mass is 9.74. The van der Waals surface area contributed by atoms with Gasteiger partial charge >= 0.3 is 0 Å². The second kappa shape index (κ2) is 29.4. The lowest BCUT2D eigenvalue weighted by Crippen LogP contribution is -2.58. The molecule has 0 spiro atoms. The lowest BCUT2D eigenvalue weighted by molar-refractivity contribution is -0.144. The highest BCUT2D eigenvalue weighted by molar-refractivity contribution is 7.99. The van der Waals surface area contributed by atoms with Crippen molar-refractivity contribution in [3.63, 3.8) is 0 Å². The van der Waals surface area contributed by atoms with Crippen LogP contribution in [0.4, 0.5) is 11.6 Å². The molecule has 0 radical (unpaired) electrons. The number of likely N-dealkylation sites (tertiary alicyclic amines) is 1. The number of hydrogen-bond acceptors (Lipinski definition) is 16. The van der Waals surface area contributed by atoms with Gasteiger partial charge < -0.3 is 56.5 Å². The number of aryl methyl sites for hydroxylation is 1. The van der Waals surface area contributed by atoms with Crippen LogP contribution >= 0.6 is 46.3 Å². The van der Waals surface area contributed by atoms with E-state index in [0.29, 0.717) is 66.8 Å². The predicted octanol–water partition coefficient (Wildman–Crippen LogP) is 7.37. The first-order valence-electron chi connectivity index (χ1n) is 26.2. The van der Waals surface area contributed by atoms with Gasteiger partial charge in [0.25, 0.3) is 0 Å². The Hall–Kier alpha value is -4.64. The molecule has 4 unspecified atom stereocenters. The quantitative estimate of drug-likeness (QED) is 0.0304. The summed E-state index contributed by atoms with van der Waals surface area (Å²) in [7, 11) is 0. The van der Waals surface area contributed by atoms with Crippen LogP contribution in [0.5, 0.6) is 0 Å². The normalized spacial score (nSPS) is 17.3. The number of unbranched alkanes of at least 4 members (excludes halogenated alkanes) is 2. The maximum absolute atomic E-state index is 14.0. The van der Waals surface area contributed by atoms with E-state index in [1.54, 1.807) is 23.6 Å². The van der Waals surface area contributed by atoms with Crippen LogP contribution < -0.4 is 32.3 Å². The van der Waals surface area contributed by atoms with Crippen LogP contribution in [-0.2, 0) is 33.4 Å². The van der Waals surface area contributed by atoms with Crippen molar-refractivity contribution in [2.75, 3.05) is 83.0 Å². The molecule has 4 amide bonds. The largest absolute Gasteiger partial charge is 0.391 e. The van der Waals surface area contributed by atoms with Crippen LogP contribution in [0.1, 0.15) is 103 Å². The Morgan fingerprint density at radius 1 is 0.921 bits per heavy atom. The fourth-order valence-electron chi connectivity index (χ4n) is 9.32. The van der Waals surface area contributed by atoms with Crippen molar-refractivity contribution >= 4 is 81.6 Å². The molecular weight excluding hydrogens is 1050 g/mol. The SMILES string of the molecule is Cc1ncsc1-c1ccc(C(C)NC(=O)C2CC(O)CN2C(=O)C(NC(=O)CCOCCOCCOCCNC(=O)CCCCCC2(CN)CCN(c3cnc(Sc4cccc(Cl)c4Cl)c(N)n3)CC2)C(C)(C)C)cc1. The molecule has 2 saturated heterocycles. The summed E-state index contributed by atoms with van der Waals surface area (Å²) in [5, 5.41) is 20.9. The first-order valence-corrected chi connectivity index (χ1v) is 28.6. The molecular formula is C54H76Cl2N10O8S2. The summed E-state index contributed by atoms with van der Waals surface area (Å²) in [4.78, 5) is 72.2. The summed E-state index contributed by atoms with van der Waals surface area (Å²) >= 11 is 15.4. The minimum absolute atomic E-state index is 0.000192. The number of nitrogens with one attached hydrogen (secondary N) is 3. The van der Waals surface area contributed by atoms with E-state index in [1.165, 1.54) is 16.7 Å². The molecule has 0 saturated carbocycles. The Balaban J connectivity index is 0.771. The van der Waals surface area contributed by atoms with Crippen molar-refractivity contribution in [3.8, 4) is 10.4 Å². The second-order valence-electron chi connectivity index (χ2n) is 20.6. The third kappa shape index (κ3) is 17.7. The van der Waals surface area contributed by atoms with Gasteiger partial charge in [-0.25, -0.2) is 15.0 Å². The van der Waals surface area contributed by atoms with E-state index in [9.17, 15) is 24.3 Å². The number of benzene rings is 2. The zero-order chi connectivity index (χ0) is 54.8. The average molecular weight is 1130 g/mol. The predicted molar refractivity (Wildman–Crippen MR) is 299 cm³/mol. The molecule has 4 aromatic rings. The molecule has 6 rings (SSSR count). The minimum Gasteiger partial charge on any atom is -0.391 e. The number of thiazole rings is 1. The van der Waals surface area contributed by atoms with Gasteiger partial charge in [-0.05, 0) is 80.2 Å². The number of ether oxygens (including phenoxy) is 3. The number of nitrogen functional groups attached to an aromatic ring is 1. The Morgan fingerprint density at radius 2 is 1.62 bits per heavy atom. The third-order valence-corrected chi connectivity index (χ3v) is 16.9. The molecule has 22 heteroatoms. The van der Waals surface area contributed by atoms with Gasteiger partial charge in [0, 0.05) is 50.3 Å². The topological polar surface area (TPSA) is 249 Å². The highest BCUT2D eigenvalue weighted by Gasteiger charge is 2.45. The van der Waals surface area contributed by atoms with Gasteiger partial charge in [-0.1, -0.05) is 98.9 Å². The van der Waals surface area contributed by atoms with Crippen LogP contribution in [0, 0.1) is 17.8 Å². The summed E-state index contributed by atoms with van der Waals surface area (Å²) in [6.07, 6.45) is 7.08. The van der Waals surface area contributed by atoms with Crippen molar-refractivity contribution < 1.29 is 38.5 Å². The van der Waals surface area contributed by atoms with Crippen LogP contribution in [0.15, 0.2) is 64.1 Å². The minimum atomic E-state index is -0.942. The number of rotatable bonds is 28. The molecule has 416 valence electrons. The van der Waals surface area contributed by atoms with E-state index in [0.717, 1.165) is 84.0 Å². The number of aromatic nitrogens is 3. The number of hydrogen-bond donors (Lipinski definition) is 6. The Morgan fingerprint density at radius 3 is 2.28 bits per heavy atom. The Labute approximate surface area is 465 Å². The number of aliphatic hydroxyl groups is 1. The van der Waals surface area contributed by atoms with Gasteiger partial charge in [0.1, 0.15) is 22.9 Å². The monoisotopic (exact) mass is 1130 g/mol. The number of carbonyl (C=O) groups is 4. The molecule has 4 heterocycles. The number of aliphatic hydroxyl groups excluding tert-OH is 1. The van der Waals surface area contributed by atoms with Gasteiger partial charge in [0.15, 0.2) is 5.82 Å². The molecule has 18 nitrogen and oxygen atoms in total. The molecule has 0 aliphatic carbocycles. The van der Waals surface area contributed by atoms with E-state index >= 15 is 0 Å². The first-order chi connectivity index (χ1) is 36.4. The van der Waals surface area contributed by atoms with Crippen LogP contribution in [-0.4, -0.2) is 139 Å². The fourth-order valence-corrected chi connectivity index (χ4v) is 11.4. The van der Waals surface area contributed by atoms with Crippen molar-refractivity contribution in [1.82, 2.24) is 35.8 Å².